The molecule has 1 amide bonds. The number of aromatic nitrogens is 2. The molecule has 1 aromatic carbocycles. The second kappa shape index (κ2) is 5.62. The maximum atomic E-state index is 11.9. The van der Waals surface area contributed by atoms with E-state index in [0.29, 0.717) is 11.3 Å². The minimum atomic E-state index is -0.174. The summed E-state index contributed by atoms with van der Waals surface area (Å²) in [6.07, 6.45) is 3.51. The Balaban J connectivity index is 2.09. The lowest BCUT2D eigenvalue weighted by atomic mass is 10.2. The first-order valence-corrected chi connectivity index (χ1v) is 6.15. The number of benzene rings is 1. The Morgan fingerprint density at radius 1 is 1.47 bits per heavy atom. The Kier molecular flexibility index (Phi) is 3.91. The van der Waals surface area contributed by atoms with Crippen LogP contribution >= 0.6 is 12.2 Å². The Bertz CT molecular complexity index is 621. The Hall–Kier alpha value is -2.21. The molecular formula is C13H14N4OS. The average Bonchev–Trinajstić information content (AvgIpc) is 2.75. The van der Waals surface area contributed by atoms with Gasteiger partial charge < -0.3 is 11.1 Å². The number of nitrogens with zero attached hydrogens (tertiary/aromatic N) is 2. The minimum absolute atomic E-state index is 0.152. The Morgan fingerprint density at radius 3 is 2.84 bits per heavy atom. The fraction of sp³-hybridized carbons (Fsp3) is 0.154. The van der Waals surface area contributed by atoms with E-state index in [2.05, 4.69) is 10.4 Å². The molecule has 0 atom stereocenters. The first kappa shape index (κ1) is 13.2. The number of hydrogen-bond donors (Lipinski definition) is 2. The molecule has 0 aliphatic rings. The number of amides is 1. The summed E-state index contributed by atoms with van der Waals surface area (Å²) in [5, 5.41) is 6.84. The molecule has 19 heavy (non-hydrogen) atoms. The molecular weight excluding hydrogens is 260 g/mol. The van der Waals surface area contributed by atoms with Crippen molar-refractivity contribution in [3.8, 4) is 0 Å². The summed E-state index contributed by atoms with van der Waals surface area (Å²) >= 11 is 4.94. The molecule has 0 fully saturated rings. The van der Waals surface area contributed by atoms with Gasteiger partial charge in [0.2, 0.25) is 5.91 Å². The third-order valence-corrected chi connectivity index (χ3v) is 2.75. The van der Waals surface area contributed by atoms with Gasteiger partial charge in [-0.25, -0.2) is 0 Å². The normalized spacial score (nSPS) is 10.2. The van der Waals surface area contributed by atoms with Crippen LogP contribution in [0.4, 0.5) is 5.69 Å². The van der Waals surface area contributed by atoms with Gasteiger partial charge in [0.1, 0.15) is 11.5 Å². The number of anilines is 1. The zero-order valence-corrected chi connectivity index (χ0v) is 11.3. The summed E-state index contributed by atoms with van der Waals surface area (Å²) < 4.78 is 1.58. The average molecular weight is 274 g/mol. The van der Waals surface area contributed by atoms with Crippen molar-refractivity contribution in [1.82, 2.24) is 9.78 Å². The van der Waals surface area contributed by atoms with E-state index in [-0.39, 0.29) is 17.4 Å². The molecule has 6 heteroatoms. The lowest BCUT2D eigenvalue weighted by Gasteiger charge is -2.09. The summed E-state index contributed by atoms with van der Waals surface area (Å²) in [6.45, 7) is 2.07. The highest BCUT2D eigenvalue weighted by Gasteiger charge is 2.09. The number of aryl methyl sites for hydroxylation is 1. The lowest BCUT2D eigenvalue weighted by molar-refractivity contribution is -0.116. The molecule has 0 radical (unpaired) electrons. The van der Waals surface area contributed by atoms with Crippen LogP contribution in [0.25, 0.3) is 0 Å². The molecule has 0 spiro atoms. The van der Waals surface area contributed by atoms with E-state index >= 15 is 0 Å². The van der Waals surface area contributed by atoms with Gasteiger partial charge >= 0.3 is 0 Å². The topological polar surface area (TPSA) is 72.9 Å². The number of thiocarbonyl (C=S) groups is 1. The maximum absolute atomic E-state index is 11.9. The SMILES string of the molecule is Cc1cnn(CC(=O)Nc2ccccc2C(N)=S)c1. The fourth-order valence-corrected chi connectivity index (χ4v) is 1.88. The van der Waals surface area contributed by atoms with E-state index < -0.39 is 0 Å². The zero-order valence-electron chi connectivity index (χ0n) is 10.5. The molecule has 0 saturated heterocycles. The highest BCUT2D eigenvalue weighted by Crippen LogP contribution is 2.14. The molecule has 5 nitrogen and oxygen atoms in total. The van der Waals surface area contributed by atoms with Crippen molar-refractivity contribution >= 4 is 28.8 Å². The van der Waals surface area contributed by atoms with Crippen LogP contribution in [0.2, 0.25) is 0 Å². The van der Waals surface area contributed by atoms with Crippen LogP contribution in [0.15, 0.2) is 36.7 Å². The van der Waals surface area contributed by atoms with Gasteiger partial charge in [-0.15, -0.1) is 0 Å². The van der Waals surface area contributed by atoms with Crippen LogP contribution in [0.1, 0.15) is 11.1 Å². The number of nitrogens with one attached hydrogen (secondary N) is 1. The number of hydrogen-bond acceptors (Lipinski definition) is 3. The van der Waals surface area contributed by atoms with Crippen molar-refractivity contribution < 1.29 is 4.79 Å². The molecule has 0 aliphatic carbocycles. The molecule has 0 saturated carbocycles. The van der Waals surface area contributed by atoms with Gasteiger partial charge in [-0.2, -0.15) is 5.10 Å². The first-order valence-electron chi connectivity index (χ1n) is 5.74. The molecule has 98 valence electrons. The highest BCUT2D eigenvalue weighted by molar-refractivity contribution is 7.80. The molecule has 2 aromatic rings. The predicted molar refractivity (Wildman–Crippen MR) is 77.9 cm³/mol. The highest BCUT2D eigenvalue weighted by atomic mass is 32.1. The van der Waals surface area contributed by atoms with Crippen LogP contribution in [0, 0.1) is 6.92 Å². The van der Waals surface area contributed by atoms with E-state index in [1.807, 2.05) is 19.1 Å². The van der Waals surface area contributed by atoms with E-state index in [1.165, 1.54) is 0 Å². The summed E-state index contributed by atoms with van der Waals surface area (Å²) in [4.78, 5) is 12.2. The Morgan fingerprint density at radius 2 is 2.21 bits per heavy atom. The predicted octanol–water partition coefficient (Wildman–Crippen LogP) is 1.46. The third kappa shape index (κ3) is 3.38. The fourth-order valence-electron chi connectivity index (χ4n) is 1.70. The molecule has 1 aromatic heterocycles. The third-order valence-electron chi connectivity index (χ3n) is 2.53. The van der Waals surface area contributed by atoms with Crippen molar-refractivity contribution in [3.63, 3.8) is 0 Å². The monoisotopic (exact) mass is 274 g/mol. The summed E-state index contributed by atoms with van der Waals surface area (Å²) in [7, 11) is 0. The molecule has 0 bridgehead atoms. The van der Waals surface area contributed by atoms with Gasteiger partial charge in [0.25, 0.3) is 0 Å². The van der Waals surface area contributed by atoms with Gasteiger partial charge in [0, 0.05) is 11.8 Å². The summed E-state index contributed by atoms with van der Waals surface area (Å²) in [5.41, 5.74) is 7.89. The number of carbonyl (C=O) groups is 1. The second-order valence-electron chi connectivity index (χ2n) is 4.17. The second-order valence-corrected chi connectivity index (χ2v) is 4.61. The van der Waals surface area contributed by atoms with Crippen molar-refractivity contribution in [2.24, 2.45) is 5.73 Å². The van der Waals surface area contributed by atoms with Gasteiger partial charge in [0.15, 0.2) is 0 Å². The van der Waals surface area contributed by atoms with Crippen LogP contribution in [0.5, 0.6) is 0 Å². The van der Waals surface area contributed by atoms with Crippen LogP contribution in [0.3, 0.4) is 0 Å². The smallest absolute Gasteiger partial charge is 0.246 e. The van der Waals surface area contributed by atoms with Crippen molar-refractivity contribution in [2.75, 3.05) is 5.32 Å². The van der Waals surface area contributed by atoms with Gasteiger partial charge in [0.05, 0.1) is 11.9 Å². The lowest BCUT2D eigenvalue weighted by Crippen LogP contribution is -2.21. The zero-order chi connectivity index (χ0) is 13.8. The standard InChI is InChI=1S/C13H14N4OS/c1-9-6-15-17(7-9)8-12(18)16-11-5-3-2-4-10(11)13(14)19/h2-7H,8H2,1H3,(H2,14,19)(H,16,18). The molecule has 2 rings (SSSR count). The van der Waals surface area contributed by atoms with E-state index in [0.717, 1.165) is 5.56 Å². The summed E-state index contributed by atoms with van der Waals surface area (Å²) in [5.74, 6) is -0.174. The molecule has 0 unspecified atom stereocenters. The largest absolute Gasteiger partial charge is 0.389 e. The Labute approximate surface area is 116 Å². The number of nitrogens with two attached hydrogens (primary N) is 1. The van der Waals surface area contributed by atoms with Crippen LogP contribution < -0.4 is 11.1 Å². The van der Waals surface area contributed by atoms with E-state index in [1.54, 1.807) is 29.2 Å². The van der Waals surface area contributed by atoms with Crippen LogP contribution in [-0.2, 0) is 11.3 Å². The number of rotatable bonds is 4. The maximum Gasteiger partial charge on any atom is 0.246 e. The van der Waals surface area contributed by atoms with Gasteiger partial charge in [-0.1, -0.05) is 24.4 Å². The molecule has 1 heterocycles. The van der Waals surface area contributed by atoms with Gasteiger partial charge in [-0.05, 0) is 24.6 Å². The quantitative estimate of drug-likeness (QED) is 0.828. The van der Waals surface area contributed by atoms with E-state index in [4.69, 9.17) is 18.0 Å². The first-order chi connectivity index (χ1) is 9.06. The van der Waals surface area contributed by atoms with Crippen molar-refractivity contribution in [3.05, 3.63) is 47.8 Å². The minimum Gasteiger partial charge on any atom is -0.389 e. The number of para-hydroxylation sites is 1. The van der Waals surface area contributed by atoms with Crippen LogP contribution in [-0.4, -0.2) is 20.7 Å². The molecule has 0 aliphatic heterocycles. The number of carbonyl (C=O) groups excluding carboxylic acids is 1. The summed E-state index contributed by atoms with van der Waals surface area (Å²) in [6, 6.07) is 7.17. The van der Waals surface area contributed by atoms with E-state index in [9.17, 15) is 4.79 Å². The van der Waals surface area contributed by atoms with Crippen molar-refractivity contribution in [2.45, 2.75) is 13.5 Å². The van der Waals surface area contributed by atoms with Gasteiger partial charge in [-0.3, -0.25) is 9.48 Å². The van der Waals surface area contributed by atoms with Crippen molar-refractivity contribution in [1.29, 1.82) is 0 Å². The molecule has 3 N–H and O–H groups in total.